The summed E-state index contributed by atoms with van der Waals surface area (Å²) in [4.78, 5) is 28.2. The van der Waals surface area contributed by atoms with Crippen LogP contribution in [0.25, 0.3) is 0 Å². The molecule has 0 aliphatic carbocycles. The molecule has 7 nitrogen and oxygen atoms in total. The summed E-state index contributed by atoms with van der Waals surface area (Å²) >= 11 is 0. The van der Waals surface area contributed by atoms with Crippen molar-refractivity contribution < 1.29 is 23.5 Å². The number of methoxy groups -OCH3 is 2. The highest BCUT2D eigenvalue weighted by molar-refractivity contribution is 5.89. The van der Waals surface area contributed by atoms with Crippen molar-refractivity contribution in [3.63, 3.8) is 0 Å². The van der Waals surface area contributed by atoms with Crippen LogP contribution in [0.4, 0.5) is 0 Å². The van der Waals surface area contributed by atoms with Gasteiger partial charge >= 0.3 is 0 Å². The highest BCUT2D eigenvalue weighted by Crippen LogP contribution is 2.22. The highest BCUT2D eigenvalue weighted by atomic mass is 16.5. The van der Waals surface area contributed by atoms with E-state index in [2.05, 4.69) is 0 Å². The molecule has 1 aromatic heterocycles. The maximum absolute atomic E-state index is 12.7. The van der Waals surface area contributed by atoms with Crippen molar-refractivity contribution in [2.24, 2.45) is 5.92 Å². The van der Waals surface area contributed by atoms with Crippen LogP contribution in [0.2, 0.25) is 0 Å². The number of hydrogen-bond donors (Lipinski definition) is 0. The summed E-state index contributed by atoms with van der Waals surface area (Å²) in [5, 5.41) is 0. The second-order valence-corrected chi connectivity index (χ2v) is 5.57. The second kappa shape index (κ2) is 8.69. The molecule has 1 aromatic rings. The molecule has 1 atom stereocenters. The van der Waals surface area contributed by atoms with Gasteiger partial charge in [-0.05, 0) is 12.1 Å². The Kier molecular flexibility index (Phi) is 6.61. The lowest BCUT2D eigenvalue weighted by atomic mass is 10.1. The second-order valence-electron chi connectivity index (χ2n) is 5.57. The number of carbonyl (C=O) groups is 2. The van der Waals surface area contributed by atoms with Crippen molar-refractivity contribution >= 4 is 11.8 Å². The van der Waals surface area contributed by atoms with Crippen LogP contribution >= 0.6 is 0 Å². The molecule has 1 aliphatic rings. The summed E-state index contributed by atoms with van der Waals surface area (Å²) in [6.45, 7) is 2.77. The minimum atomic E-state index is -0.314. The van der Waals surface area contributed by atoms with Crippen LogP contribution in [0.5, 0.6) is 0 Å². The summed E-state index contributed by atoms with van der Waals surface area (Å²) in [7, 11) is 3.20. The predicted molar refractivity (Wildman–Crippen MR) is 82.6 cm³/mol. The van der Waals surface area contributed by atoms with E-state index >= 15 is 0 Å². The lowest BCUT2D eigenvalue weighted by molar-refractivity contribution is -0.137. The maximum atomic E-state index is 12.7. The van der Waals surface area contributed by atoms with Crippen molar-refractivity contribution in [1.29, 1.82) is 0 Å². The Balaban J connectivity index is 1.93. The van der Waals surface area contributed by atoms with Crippen molar-refractivity contribution in [2.75, 3.05) is 47.1 Å². The molecule has 7 heteroatoms. The zero-order valence-electron chi connectivity index (χ0n) is 13.7. The van der Waals surface area contributed by atoms with E-state index in [0.717, 1.165) is 5.76 Å². The number of ether oxygens (including phenoxy) is 2. The molecule has 0 N–H and O–H groups in total. The quantitative estimate of drug-likeness (QED) is 0.670. The van der Waals surface area contributed by atoms with E-state index < -0.39 is 0 Å². The number of hydrogen-bond acceptors (Lipinski definition) is 5. The van der Waals surface area contributed by atoms with Crippen LogP contribution in [-0.4, -0.2) is 68.7 Å². The lowest BCUT2D eigenvalue weighted by Gasteiger charge is -2.25. The Bertz CT molecular complexity index is 495. The van der Waals surface area contributed by atoms with Gasteiger partial charge in [-0.3, -0.25) is 9.59 Å². The number of rotatable bonds is 9. The SMILES string of the molecule is COCCN(CCOC)C(=O)C1CC(=O)N(Cc2ccco2)C1. The molecule has 128 valence electrons. The Labute approximate surface area is 136 Å². The van der Waals surface area contributed by atoms with E-state index in [-0.39, 0.29) is 24.2 Å². The van der Waals surface area contributed by atoms with Crippen LogP contribution in [0.1, 0.15) is 12.2 Å². The predicted octanol–water partition coefficient (Wildman–Crippen LogP) is 0.750. The number of carbonyl (C=O) groups excluding carboxylic acids is 2. The van der Waals surface area contributed by atoms with E-state index in [1.165, 1.54) is 0 Å². The van der Waals surface area contributed by atoms with E-state index in [1.54, 1.807) is 36.3 Å². The number of furan rings is 1. The summed E-state index contributed by atoms with van der Waals surface area (Å²) < 4.78 is 15.4. The number of likely N-dealkylation sites (tertiary alicyclic amines) is 1. The summed E-state index contributed by atoms with van der Waals surface area (Å²) in [6, 6.07) is 3.61. The zero-order chi connectivity index (χ0) is 16.7. The third-order valence-electron chi connectivity index (χ3n) is 3.93. The standard InChI is InChI=1S/C16H24N2O5/c1-21-8-5-17(6-9-22-2)16(20)13-10-15(19)18(11-13)12-14-4-3-7-23-14/h3-4,7,13H,5-6,8-12H2,1-2H3. The van der Waals surface area contributed by atoms with Gasteiger partial charge in [0.15, 0.2) is 0 Å². The summed E-state index contributed by atoms with van der Waals surface area (Å²) in [5.41, 5.74) is 0. The molecule has 2 amide bonds. The minimum Gasteiger partial charge on any atom is -0.467 e. The van der Waals surface area contributed by atoms with E-state index in [1.807, 2.05) is 6.07 Å². The van der Waals surface area contributed by atoms with Gasteiger partial charge in [-0.25, -0.2) is 0 Å². The monoisotopic (exact) mass is 324 g/mol. The van der Waals surface area contributed by atoms with Gasteiger partial charge in [0.05, 0.1) is 31.9 Å². The smallest absolute Gasteiger partial charge is 0.228 e. The van der Waals surface area contributed by atoms with E-state index in [0.29, 0.717) is 39.4 Å². The van der Waals surface area contributed by atoms with Gasteiger partial charge in [-0.2, -0.15) is 0 Å². The van der Waals surface area contributed by atoms with Gasteiger partial charge in [0.2, 0.25) is 11.8 Å². The first-order chi connectivity index (χ1) is 11.2. The van der Waals surface area contributed by atoms with E-state index in [9.17, 15) is 9.59 Å². The van der Waals surface area contributed by atoms with Crippen LogP contribution < -0.4 is 0 Å². The normalized spacial score (nSPS) is 17.7. The van der Waals surface area contributed by atoms with Crippen molar-refractivity contribution in [3.05, 3.63) is 24.2 Å². The van der Waals surface area contributed by atoms with Crippen LogP contribution in [0.3, 0.4) is 0 Å². The van der Waals surface area contributed by atoms with Gasteiger partial charge in [0, 0.05) is 40.3 Å². The number of amides is 2. The molecule has 23 heavy (non-hydrogen) atoms. The zero-order valence-corrected chi connectivity index (χ0v) is 13.7. The Morgan fingerprint density at radius 1 is 1.35 bits per heavy atom. The molecule has 2 rings (SSSR count). The van der Waals surface area contributed by atoms with E-state index in [4.69, 9.17) is 13.9 Å². The van der Waals surface area contributed by atoms with Crippen molar-refractivity contribution in [1.82, 2.24) is 9.80 Å². The molecule has 0 radical (unpaired) electrons. The van der Waals surface area contributed by atoms with Gasteiger partial charge in [-0.15, -0.1) is 0 Å². The first-order valence-corrected chi connectivity index (χ1v) is 7.72. The minimum absolute atomic E-state index is 0.0156. The summed E-state index contributed by atoms with van der Waals surface area (Å²) in [6.07, 6.45) is 1.83. The van der Waals surface area contributed by atoms with Gasteiger partial charge in [0.25, 0.3) is 0 Å². The molecule has 0 spiro atoms. The fraction of sp³-hybridized carbons (Fsp3) is 0.625. The Morgan fingerprint density at radius 3 is 2.61 bits per heavy atom. The molecule has 1 unspecified atom stereocenters. The molecule has 0 aromatic carbocycles. The maximum Gasteiger partial charge on any atom is 0.228 e. The first kappa shape index (κ1) is 17.5. The van der Waals surface area contributed by atoms with Crippen LogP contribution in [0, 0.1) is 5.92 Å². The largest absolute Gasteiger partial charge is 0.467 e. The topological polar surface area (TPSA) is 72.2 Å². The highest BCUT2D eigenvalue weighted by Gasteiger charge is 2.36. The molecule has 1 fully saturated rings. The molecular formula is C16H24N2O5. The van der Waals surface area contributed by atoms with Gasteiger partial charge in [-0.1, -0.05) is 0 Å². The number of nitrogens with zero attached hydrogens (tertiary/aromatic N) is 2. The third-order valence-corrected chi connectivity index (χ3v) is 3.93. The molecular weight excluding hydrogens is 300 g/mol. The average Bonchev–Trinajstić information content (AvgIpc) is 3.18. The van der Waals surface area contributed by atoms with Crippen LogP contribution in [0.15, 0.2) is 22.8 Å². The molecule has 1 aliphatic heterocycles. The van der Waals surface area contributed by atoms with Gasteiger partial charge in [0.1, 0.15) is 5.76 Å². The van der Waals surface area contributed by atoms with Crippen molar-refractivity contribution in [2.45, 2.75) is 13.0 Å². The first-order valence-electron chi connectivity index (χ1n) is 7.72. The van der Waals surface area contributed by atoms with Gasteiger partial charge < -0.3 is 23.7 Å². The molecule has 0 bridgehead atoms. The average molecular weight is 324 g/mol. The van der Waals surface area contributed by atoms with Crippen molar-refractivity contribution in [3.8, 4) is 0 Å². The summed E-state index contributed by atoms with van der Waals surface area (Å²) in [5.74, 6) is 0.376. The lowest BCUT2D eigenvalue weighted by Crippen LogP contribution is -2.41. The fourth-order valence-electron chi connectivity index (χ4n) is 2.67. The van der Waals surface area contributed by atoms with Crippen LogP contribution in [-0.2, 0) is 25.6 Å². The molecule has 0 saturated carbocycles. The fourth-order valence-corrected chi connectivity index (χ4v) is 2.67. The Morgan fingerprint density at radius 2 is 2.04 bits per heavy atom. The third kappa shape index (κ3) is 4.80. The molecule has 1 saturated heterocycles. The molecule has 2 heterocycles. The Hall–Kier alpha value is -1.86.